The highest BCUT2D eigenvalue weighted by Gasteiger charge is 2.45. The first-order chi connectivity index (χ1) is 17.6. The van der Waals surface area contributed by atoms with Gasteiger partial charge in [-0.1, -0.05) is 18.2 Å². The van der Waals surface area contributed by atoms with Crippen LogP contribution in [0.3, 0.4) is 0 Å². The highest BCUT2D eigenvalue weighted by molar-refractivity contribution is 5.97. The molecule has 3 heterocycles. The van der Waals surface area contributed by atoms with E-state index in [0.717, 1.165) is 10.9 Å². The van der Waals surface area contributed by atoms with Gasteiger partial charge in [-0.25, -0.2) is 9.37 Å². The molecule has 1 aliphatic rings. The number of benzene rings is 2. The SMILES string of the molecule is C[C@](O)(CNC(=O)c1cnc2ccccc2c1)c1cc2c(c(-c3ccc(F)cc3)n1)OC[C@]2(C)C(N)=O. The first kappa shape index (κ1) is 24.3. The van der Waals surface area contributed by atoms with Gasteiger partial charge in [-0.3, -0.25) is 14.6 Å². The molecule has 0 fully saturated rings. The Labute approximate surface area is 212 Å². The summed E-state index contributed by atoms with van der Waals surface area (Å²) < 4.78 is 19.4. The number of halogens is 1. The second-order valence-corrected chi connectivity index (χ2v) is 9.60. The number of ether oxygens (including phenoxy) is 1. The number of amides is 2. The van der Waals surface area contributed by atoms with E-state index in [2.05, 4.69) is 15.3 Å². The molecule has 0 aliphatic carbocycles. The van der Waals surface area contributed by atoms with Crippen LogP contribution >= 0.6 is 0 Å². The second kappa shape index (κ2) is 8.94. The number of nitrogens with zero attached hydrogens (tertiary/aromatic N) is 2. The van der Waals surface area contributed by atoms with Gasteiger partial charge in [-0.05, 0) is 56.3 Å². The number of para-hydroxylation sites is 1. The zero-order valence-electron chi connectivity index (χ0n) is 20.3. The Bertz CT molecular complexity index is 1540. The molecule has 188 valence electrons. The maximum atomic E-state index is 13.6. The lowest BCUT2D eigenvalue weighted by molar-refractivity contribution is -0.123. The van der Waals surface area contributed by atoms with Crippen molar-refractivity contribution in [3.05, 3.63) is 89.5 Å². The number of aromatic nitrogens is 2. The molecular weight excluding hydrogens is 475 g/mol. The lowest BCUT2D eigenvalue weighted by Crippen LogP contribution is -2.41. The molecule has 2 amide bonds. The zero-order chi connectivity index (χ0) is 26.4. The van der Waals surface area contributed by atoms with Gasteiger partial charge in [-0.2, -0.15) is 0 Å². The molecule has 4 aromatic rings. The molecule has 0 unspecified atom stereocenters. The van der Waals surface area contributed by atoms with Gasteiger partial charge in [0, 0.05) is 22.7 Å². The lowest BCUT2D eigenvalue weighted by Gasteiger charge is -2.26. The van der Waals surface area contributed by atoms with Crippen molar-refractivity contribution in [2.45, 2.75) is 24.9 Å². The van der Waals surface area contributed by atoms with Gasteiger partial charge >= 0.3 is 0 Å². The maximum absolute atomic E-state index is 13.6. The minimum atomic E-state index is -1.63. The standard InChI is InChI=1S/C28H25FN4O4/c1-27(26(30)35)15-37-24-20(27)12-22(33-23(24)16-7-9-19(29)10-8-16)28(2,36)14-32-25(34)18-11-17-5-3-4-6-21(17)31-13-18/h3-13,36H,14-15H2,1-2H3,(H2,30,35)(H,32,34)/t27-,28-/m0/s1. The number of hydrogen-bond acceptors (Lipinski definition) is 6. The molecule has 2 atom stereocenters. The summed E-state index contributed by atoms with van der Waals surface area (Å²) in [5, 5.41) is 15.0. The summed E-state index contributed by atoms with van der Waals surface area (Å²) in [5.74, 6) is -1.08. The topological polar surface area (TPSA) is 127 Å². The molecule has 2 aromatic heterocycles. The molecule has 0 spiro atoms. The first-order valence-electron chi connectivity index (χ1n) is 11.7. The molecular formula is C28H25FN4O4. The number of carbonyl (C=O) groups is 2. The normalized spacial score (nSPS) is 18.1. The number of primary amides is 1. The smallest absolute Gasteiger partial charge is 0.252 e. The van der Waals surface area contributed by atoms with Crippen molar-refractivity contribution in [2.75, 3.05) is 13.2 Å². The second-order valence-electron chi connectivity index (χ2n) is 9.60. The Morgan fingerprint density at radius 3 is 2.65 bits per heavy atom. The van der Waals surface area contributed by atoms with Crippen molar-refractivity contribution in [1.29, 1.82) is 0 Å². The number of carbonyl (C=O) groups excluding carboxylic acids is 2. The van der Waals surface area contributed by atoms with Gasteiger partial charge in [0.2, 0.25) is 5.91 Å². The van der Waals surface area contributed by atoms with E-state index < -0.39 is 28.6 Å². The van der Waals surface area contributed by atoms with E-state index in [1.807, 2.05) is 24.3 Å². The number of hydrogen-bond donors (Lipinski definition) is 3. The molecule has 37 heavy (non-hydrogen) atoms. The van der Waals surface area contributed by atoms with Crippen molar-refractivity contribution in [3.63, 3.8) is 0 Å². The van der Waals surface area contributed by atoms with Gasteiger partial charge in [0.25, 0.3) is 5.91 Å². The van der Waals surface area contributed by atoms with E-state index in [9.17, 15) is 19.1 Å². The highest BCUT2D eigenvalue weighted by Crippen LogP contribution is 2.45. The summed E-state index contributed by atoms with van der Waals surface area (Å²) in [4.78, 5) is 34.1. The Balaban J connectivity index is 1.49. The van der Waals surface area contributed by atoms with Crippen LogP contribution in [0.5, 0.6) is 5.75 Å². The fraction of sp³-hybridized carbons (Fsp3) is 0.214. The van der Waals surface area contributed by atoms with E-state index in [4.69, 9.17) is 10.5 Å². The van der Waals surface area contributed by atoms with E-state index in [1.165, 1.54) is 37.4 Å². The molecule has 5 rings (SSSR count). The number of fused-ring (bicyclic) bond motifs is 2. The summed E-state index contributed by atoms with van der Waals surface area (Å²) >= 11 is 0. The van der Waals surface area contributed by atoms with Crippen LogP contribution in [0.1, 0.15) is 35.5 Å². The number of rotatable bonds is 6. The van der Waals surface area contributed by atoms with Crippen LogP contribution in [0.15, 0.2) is 66.9 Å². The fourth-order valence-corrected chi connectivity index (χ4v) is 4.31. The van der Waals surface area contributed by atoms with Crippen molar-refractivity contribution in [1.82, 2.24) is 15.3 Å². The van der Waals surface area contributed by atoms with Crippen LogP contribution in [0.2, 0.25) is 0 Å². The van der Waals surface area contributed by atoms with Crippen molar-refractivity contribution >= 4 is 22.7 Å². The van der Waals surface area contributed by atoms with Gasteiger partial charge in [0.1, 0.15) is 34.9 Å². The summed E-state index contributed by atoms with van der Waals surface area (Å²) in [5.41, 5.74) is 5.56. The third-order valence-corrected chi connectivity index (χ3v) is 6.73. The van der Waals surface area contributed by atoms with E-state index in [-0.39, 0.29) is 18.8 Å². The van der Waals surface area contributed by atoms with Crippen molar-refractivity contribution in [3.8, 4) is 17.0 Å². The molecule has 2 aromatic carbocycles. The minimum absolute atomic E-state index is 0.00480. The van der Waals surface area contributed by atoms with Gasteiger partial charge in [-0.15, -0.1) is 0 Å². The fourth-order valence-electron chi connectivity index (χ4n) is 4.31. The Morgan fingerprint density at radius 1 is 1.19 bits per heavy atom. The van der Waals surface area contributed by atoms with E-state index in [0.29, 0.717) is 28.1 Å². The van der Waals surface area contributed by atoms with Crippen LogP contribution in [0, 0.1) is 5.82 Å². The van der Waals surface area contributed by atoms with Crippen LogP contribution in [-0.4, -0.2) is 40.0 Å². The number of aliphatic hydroxyl groups is 1. The lowest BCUT2D eigenvalue weighted by atomic mass is 9.82. The zero-order valence-corrected chi connectivity index (χ0v) is 20.3. The largest absolute Gasteiger partial charge is 0.489 e. The van der Waals surface area contributed by atoms with Crippen LogP contribution in [0.25, 0.3) is 22.2 Å². The summed E-state index contributed by atoms with van der Waals surface area (Å²) in [6, 6.07) is 16.4. The molecule has 9 heteroatoms. The summed E-state index contributed by atoms with van der Waals surface area (Å²) in [6.45, 7) is 2.99. The average Bonchev–Trinajstić information content (AvgIpc) is 3.25. The number of pyridine rings is 2. The van der Waals surface area contributed by atoms with Crippen LogP contribution in [-0.2, 0) is 15.8 Å². The summed E-state index contributed by atoms with van der Waals surface area (Å²) in [6.07, 6.45) is 1.47. The minimum Gasteiger partial charge on any atom is -0.489 e. The Morgan fingerprint density at radius 2 is 1.92 bits per heavy atom. The van der Waals surface area contributed by atoms with Crippen LogP contribution < -0.4 is 15.8 Å². The van der Waals surface area contributed by atoms with Crippen molar-refractivity contribution < 1.29 is 23.8 Å². The van der Waals surface area contributed by atoms with Gasteiger partial charge < -0.3 is 20.9 Å². The van der Waals surface area contributed by atoms with Gasteiger partial charge in [0.05, 0.1) is 23.3 Å². The van der Waals surface area contributed by atoms with Gasteiger partial charge in [0.15, 0.2) is 0 Å². The quantitative estimate of drug-likeness (QED) is 0.373. The molecule has 0 saturated carbocycles. The molecule has 8 nitrogen and oxygen atoms in total. The maximum Gasteiger partial charge on any atom is 0.252 e. The Hall–Kier alpha value is -4.37. The Kier molecular flexibility index (Phi) is 5.88. The van der Waals surface area contributed by atoms with Crippen molar-refractivity contribution in [2.24, 2.45) is 5.73 Å². The number of nitrogens with two attached hydrogens (primary N) is 1. The molecule has 4 N–H and O–H groups in total. The predicted molar refractivity (Wildman–Crippen MR) is 135 cm³/mol. The summed E-state index contributed by atoms with van der Waals surface area (Å²) in [7, 11) is 0. The monoisotopic (exact) mass is 500 g/mol. The highest BCUT2D eigenvalue weighted by atomic mass is 19.1. The molecule has 0 radical (unpaired) electrons. The molecule has 1 aliphatic heterocycles. The third kappa shape index (κ3) is 4.38. The van der Waals surface area contributed by atoms with Crippen LogP contribution in [0.4, 0.5) is 4.39 Å². The average molecular weight is 501 g/mol. The predicted octanol–water partition coefficient (Wildman–Crippen LogP) is 3.21. The molecule has 0 saturated heterocycles. The van der Waals surface area contributed by atoms with E-state index in [1.54, 1.807) is 19.1 Å². The first-order valence-corrected chi connectivity index (χ1v) is 11.7. The van der Waals surface area contributed by atoms with E-state index >= 15 is 0 Å². The molecule has 0 bridgehead atoms. The number of nitrogens with one attached hydrogen (secondary N) is 1. The third-order valence-electron chi connectivity index (χ3n) is 6.73.